The van der Waals surface area contributed by atoms with Gasteiger partial charge in [-0.15, -0.1) is 11.8 Å². The van der Waals surface area contributed by atoms with E-state index in [0.29, 0.717) is 12.2 Å². The van der Waals surface area contributed by atoms with Gasteiger partial charge in [0.2, 0.25) is 17.7 Å². The van der Waals surface area contributed by atoms with E-state index >= 15 is 0 Å². The van der Waals surface area contributed by atoms with Crippen LogP contribution in [0.25, 0.3) is 0 Å². The summed E-state index contributed by atoms with van der Waals surface area (Å²) in [7, 11) is 1.58. The van der Waals surface area contributed by atoms with Crippen molar-refractivity contribution in [3.63, 3.8) is 0 Å². The predicted octanol–water partition coefficient (Wildman–Crippen LogP) is 0.392. The van der Waals surface area contributed by atoms with Gasteiger partial charge >= 0.3 is 0 Å². The van der Waals surface area contributed by atoms with Crippen molar-refractivity contribution in [1.29, 1.82) is 0 Å². The minimum Gasteiger partial charge on any atom is -0.359 e. The molecule has 96 valence electrons. The number of nitrogens with zero attached hydrogens (tertiary/aromatic N) is 1. The Morgan fingerprint density at radius 2 is 2.18 bits per heavy atom. The summed E-state index contributed by atoms with van der Waals surface area (Å²) in [5.41, 5.74) is 0. The summed E-state index contributed by atoms with van der Waals surface area (Å²) in [6, 6.07) is -0.0838. The Morgan fingerprint density at radius 3 is 2.65 bits per heavy atom. The molecule has 0 saturated carbocycles. The number of imide groups is 1. The van der Waals surface area contributed by atoms with E-state index < -0.39 is 0 Å². The van der Waals surface area contributed by atoms with E-state index in [2.05, 4.69) is 5.32 Å². The molecule has 6 heteroatoms. The molecule has 1 aliphatic rings. The molecule has 0 aromatic heterocycles. The Hall–Kier alpha value is -1.04. The zero-order chi connectivity index (χ0) is 13.0. The molecule has 1 rings (SSSR count). The predicted molar refractivity (Wildman–Crippen MR) is 66.5 cm³/mol. The summed E-state index contributed by atoms with van der Waals surface area (Å²) in [5, 5.41) is 2.21. The third kappa shape index (κ3) is 3.46. The normalized spacial score (nSPS) is 20.2. The van der Waals surface area contributed by atoms with Gasteiger partial charge in [-0.05, 0) is 13.8 Å². The fourth-order valence-electron chi connectivity index (χ4n) is 1.71. The van der Waals surface area contributed by atoms with Crippen LogP contribution in [-0.4, -0.2) is 46.7 Å². The Kier molecular flexibility index (Phi) is 4.99. The zero-order valence-corrected chi connectivity index (χ0v) is 11.2. The molecule has 17 heavy (non-hydrogen) atoms. The van der Waals surface area contributed by atoms with E-state index in [1.807, 2.05) is 13.8 Å². The maximum Gasteiger partial charge on any atom is 0.243 e. The van der Waals surface area contributed by atoms with E-state index in [9.17, 15) is 14.4 Å². The molecule has 0 radical (unpaired) electrons. The van der Waals surface area contributed by atoms with Crippen LogP contribution in [0, 0.1) is 0 Å². The van der Waals surface area contributed by atoms with Gasteiger partial charge in [0.05, 0.1) is 5.25 Å². The maximum atomic E-state index is 11.9. The molecule has 0 aliphatic carbocycles. The summed E-state index contributed by atoms with van der Waals surface area (Å²) >= 11 is 1.39. The highest BCUT2D eigenvalue weighted by Crippen LogP contribution is 2.26. The highest BCUT2D eigenvalue weighted by atomic mass is 32.2. The van der Waals surface area contributed by atoms with Crippen molar-refractivity contribution in [1.82, 2.24) is 10.2 Å². The van der Waals surface area contributed by atoms with Crippen LogP contribution in [0.15, 0.2) is 0 Å². The summed E-state index contributed by atoms with van der Waals surface area (Å²) in [5.74, 6) is 0.291. The molecule has 0 aromatic rings. The van der Waals surface area contributed by atoms with E-state index in [1.165, 1.54) is 16.7 Å². The van der Waals surface area contributed by atoms with E-state index in [1.54, 1.807) is 7.05 Å². The quantitative estimate of drug-likeness (QED) is 0.725. The lowest BCUT2D eigenvalue weighted by atomic mass is 10.3. The Balaban J connectivity index is 2.44. The van der Waals surface area contributed by atoms with Crippen molar-refractivity contribution in [3.8, 4) is 0 Å². The summed E-state index contributed by atoms with van der Waals surface area (Å²) in [4.78, 5) is 35.8. The number of thioether (sulfide) groups is 1. The lowest BCUT2D eigenvalue weighted by Crippen LogP contribution is -2.37. The van der Waals surface area contributed by atoms with E-state index in [4.69, 9.17) is 0 Å². The standard InChI is InChI=1S/C11H18N2O3S/c1-7(2)13-10(15)6-8(11(13)16)17-5-4-9(14)12-3/h7-8H,4-6H2,1-3H3,(H,12,14). The molecule has 1 fully saturated rings. The van der Waals surface area contributed by atoms with Crippen molar-refractivity contribution >= 4 is 29.5 Å². The molecule has 3 amide bonds. The first-order valence-electron chi connectivity index (χ1n) is 5.65. The van der Waals surface area contributed by atoms with Crippen molar-refractivity contribution in [3.05, 3.63) is 0 Å². The minimum atomic E-state index is -0.311. The van der Waals surface area contributed by atoms with Gasteiger partial charge in [-0.3, -0.25) is 19.3 Å². The molecule has 0 bridgehead atoms. The Bertz CT molecular complexity index is 331. The first-order chi connectivity index (χ1) is 7.97. The fourth-order valence-corrected chi connectivity index (χ4v) is 2.82. The minimum absolute atomic E-state index is 0.0463. The van der Waals surface area contributed by atoms with Gasteiger partial charge in [-0.25, -0.2) is 0 Å². The topological polar surface area (TPSA) is 66.5 Å². The van der Waals surface area contributed by atoms with Crippen LogP contribution >= 0.6 is 11.8 Å². The van der Waals surface area contributed by atoms with Gasteiger partial charge in [0.1, 0.15) is 0 Å². The Labute approximate surface area is 105 Å². The molecular weight excluding hydrogens is 240 g/mol. The van der Waals surface area contributed by atoms with Gasteiger partial charge in [-0.1, -0.05) is 0 Å². The largest absolute Gasteiger partial charge is 0.359 e. The average molecular weight is 258 g/mol. The van der Waals surface area contributed by atoms with Gasteiger partial charge in [0.15, 0.2) is 0 Å². The maximum absolute atomic E-state index is 11.9. The van der Waals surface area contributed by atoms with Gasteiger partial charge in [0.25, 0.3) is 0 Å². The third-order valence-electron chi connectivity index (χ3n) is 2.58. The van der Waals surface area contributed by atoms with Crippen LogP contribution in [0.4, 0.5) is 0 Å². The van der Waals surface area contributed by atoms with Gasteiger partial charge < -0.3 is 5.32 Å². The molecule has 1 aliphatic heterocycles. The lowest BCUT2D eigenvalue weighted by molar-refractivity contribution is -0.140. The number of carbonyl (C=O) groups excluding carboxylic acids is 3. The lowest BCUT2D eigenvalue weighted by Gasteiger charge is -2.18. The SMILES string of the molecule is CNC(=O)CCSC1CC(=O)N(C(C)C)C1=O. The van der Waals surface area contributed by atoms with Crippen LogP contribution in [-0.2, 0) is 14.4 Å². The first kappa shape index (κ1) is 14.0. The monoisotopic (exact) mass is 258 g/mol. The van der Waals surface area contributed by atoms with Crippen molar-refractivity contribution in [2.24, 2.45) is 0 Å². The highest BCUT2D eigenvalue weighted by Gasteiger charge is 2.39. The van der Waals surface area contributed by atoms with Crippen LogP contribution in [0.3, 0.4) is 0 Å². The molecule has 0 aromatic carbocycles. The van der Waals surface area contributed by atoms with Gasteiger partial charge in [0, 0.05) is 31.7 Å². The van der Waals surface area contributed by atoms with Crippen molar-refractivity contribution in [2.45, 2.75) is 38.0 Å². The number of rotatable bonds is 5. The number of carbonyl (C=O) groups is 3. The second-order valence-electron chi connectivity index (χ2n) is 4.18. The number of hydrogen-bond donors (Lipinski definition) is 1. The molecular formula is C11H18N2O3S. The molecule has 5 nitrogen and oxygen atoms in total. The van der Waals surface area contributed by atoms with E-state index in [0.717, 1.165) is 0 Å². The second-order valence-corrected chi connectivity index (χ2v) is 5.49. The molecule has 1 saturated heterocycles. The fraction of sp³-hybridized carbons (Fsp3) is 0.727. The third-order valence-corrected chi connectivity index (χ3v) is 3.80. The number of hydrogen-bond acceptors (Lipinski definition) is 4. The highest BCUT2D eigenvalue weighted by molar-refractivity contribution is 8.00. The van der Waals surface area contributed by atoms with Crippen LogP contribution < -0.4 is 5.32 Å². The molecule has 1 N–H and O–H groups in total. The average Bonchev–Trinajstić information content (AvgIpc) is 2.53. The summed E-state index contributed by atoms with van der Waals surface area (Å²) in [6.07, 6.45) is 0.635. The van der Waals surface area contributed by atoms with Crippen molar-refractivity contribution < 1.29 is 14.4 Å². The molecule has 1 atom stereocenters. The van der Waals surface area contributed by atoms with Gasteiger partial charge in [-0.2, -0.15) is 0 Å². The van der Waals surface area contributed by atoms with Crippen molar-refractivity contribution in [2.75, 3.05) is 12.8 Å². The smallest absolute Gasteiger partial charge is 0.243 e. The molecule has 1 heterocycles. The number of likely N-dealkylation sites (tertiary alicyclic amines) is 1. The van der Waals surface area contributed by atoms with Crippen LogP contribution in [0.2, 0.25) is 0 Å². The van der Waals surface area contributed by atoms with E-state index in [-0.39, 0.29) is 35.4 Å². The number of amides is 3. The Morgan fingerprint density at radius 1 is 1.53 bits per heavy atom. The molecule has 1 unspecified atom stereocenters. The zero-order valence-electron chi connectivity index (χ0n) is 10.4. The number of nitrogens with one attached hydrogen (secondary N) is 1. The summed E-state index contributed by atoms with van der Waals surface area (Å²) < 4.78 is 0. The summed E-state index contributed by atoms with van der Waals surface area (Å²) in [6.45, 7) is 3.65. The molecule has 0 spiro atoms. The first-order valence-corrected chi connectivity index (χ1v) is 6.70. The van der Waals surface area contributed by atoms with Crippen LogP contribution in [0.5, 0.6) is 0 Å². The van der Waals surface area contributed by atoms with Crippen LogP contribution in [0.1, 0.15) is 26.7 Å². The second kappa shape index (κ2) is 6.05.